The van der Waals surface area contributed by atoms with E-state index in [4.69, 9.17) is 10.2 Å². The SMILES string of the molecule is CC(=O)c1cc(Br)c2oc(CN)nc2c1. The number of hydrogen-bond donors (Lipinski definition) is 1. The molecular weight excluding hydrogens is 260 g/mol. The van der Waals surface area contributed by atoms with Crippen LogP contribution in [0, 0.1) is 0 Å². The number of hydrogen-bond acceptors (Lipinski definition) is 4. The topological polar surface area (TPSA) is 69.1 Å². The predicted molar refractivity (Wildman–Crippen MR) is 59.6 cm³/mol. The minimum Gasteiger partial charge on any atom is -0.438 e. The van der Waals surface area contributed by atoms with E-state index in [0.29, 0.717) is 22.6 Å². The average Bonchev–Trinajstić information content (AvgIpc) is 2.61. The Bertz CT molecular complexity index is 533. The fraction of sp³-hybridized carbons (Fsp3) is 0.200. The summed E-state index contributed by atoms with van der Waals surface area (Å²) < 4.78 is 6.11. The van der Waals surface area contributed by atoms with E-state index < -0.39 is 0 Å². The van der Waals surface area contributed by atoms with Gasteiger partial charge < -0.3 is 10.2 Å². The minimum absolute atomic E-state index is 0.00472. The molecule has 0 saturated heterocycles. The van der Waals surface area contributed by atoms with E-state index in [0.717, 1.165) is 4.47 Å². The highest BCUT2D eigenvalue weighted by Gasteiger charge is 2.11. The van der Waals surface area contributed by atoms with Crippen LogP contribution in [0.15, 0.2) is 21.0 Å². The highest BCUT2D eigenvalue weighted by Crippen LogP contribution is 2.26. The van der Waals surface area contributed by atoms with Gasteiger partial charge in [-0.15, -0.1) is 0 Å². The van der Waals surface area contributed by atoms with Crippen LogP contribution in [0.1, 0.15) is 23.2 Å². The number of carbonyl (C=O) groups excluding carboxylic acids is 1. The van der Waals surface area contributed by atoms with E-state index in [1.165, 1.54) is 6.92 Å². The van der Waals surface area contributed by atoms with Crippen LogP contribution >= 0.6 is 15.9 Å². The molecule has 0 aliphatic rings. The van der Waals surface area contributed by atoms with Gasteiger partial charge in [0.2, 0.25) is 5.89 Å². The van der Waals surface area contributed by atoms with Crippen LogP contribution in [0.2, 0.25) is 0 Å². The van der Waals surface area contributed by atoms with E-state index in [9.17, 15) is 4.79 Å². The number of rotatable bonds is 2. The largest absolute Gasteiger partial charge is 0.438 e. The molecule has 2 rings (SSSR count). The molecule has 0 bridgehead atoms. The van der Waals surface area contributed by atoms with Crippen molar-refractivity contribution in [2.45, 2.75) is 13.5 Å². The zero-order chi connectivity index (χ0) is 11.0. The minimum atomic E-state index is -0.00472. The summed E-state index contributed by atoms with van der Waals surface area (Å²) in [5.74, 6) is 0.460. The van der Waals surface area contributed by atoms with Gasteiger partial charge >= 0.3 is 0 Å². The highest BCUT2D eigenvalue weighted by molar-refractivity contribution is 9.10. The standard InChI is InChI=1S/C10H9BrN2O2/c1-5(14)6-2-7(11)10-8(3-6)13-9(4-12)15-10/h2-3H,4,12H2,1H3. The molecule has 0 fully saturated rings. The molecule has 2 aromatic rings. The third kappa shape index (κ3) is 1.80. The first-order valence-electron chi connectivity index (χ1n) is 4.42. The third-order valence-electron chi connectivity index (χ3n) is 2.07. The van der Waals surface area contributed by atoms with Crippen LogP contribution in [-0.2, 0) is 6.54 Å². The van der Waals surface area contributed by atoms with Crippen LogP contribution in [0.5, 0.6) is 0 Å². The first-order valence-corrected chi connectivity index (χ1v) is 5.21. The van der Waals surface area contributed by atoms with Crippen LogP contribution in [-0.4, -0.2) is 10.8 Å². The lowest BCUT2D eigenvalue weighted by Gasteiger charge is -1.96. The number of Topliss-reactive ketones (excluding diaryl/α,β-unsaturated/α-hetero) is 1. The molecule has 0 radical (unpaired) electrons. The molecule has 15 heavy (non-hydrogen) atoms. The fourth-order valence-electron chi connectivity index (χ4n) is 1.33. The normalized spacial score (nSPS) is 10.9. The van der Waals surface area contributed by atoms with Gasteiger partial charge in [0.25, 0.3) is 0 Å². The van der Waals surface area contributed by atoms with Crippen molar-refractivity contribution in [3.8, 4) is 0 Å². The van der Waals surface area contributed by atoms with E-state index in [1.807, 2.05) is 0 Å². The van der Waals surface area contributed by atoms with Gasteiger partial charge in [-0.1, -0.05) is 0 Å². The van der Waals surface area contributed by atoms with E-state index in [-0.39, 0.29) is 12.3 Å². The molecule has 1 aromatic heterocycles. The molecular formula is C10H9BrN2O2. The lowest BCUT2D eigenvalue weighted by Crippen LogP contribution is -1.95. The molecule has 0 unspecified atom stereocenters. The van der Waals surface area contributed by atoms with Crippen molar-refractivity contribution in [3.63, 3.8) is 0 Å². The molecule has 0 saturated carbocycles. The molecule has 2 N–H and O–H groups in total. The molecule has 0 aliphatic heterocycles. The first kappa shape index (κ1) is 10.3. The Kier molecular flexibility index (Phi) is 2.58. The molecule has 1 heterocycles. The Morgan fingerprint density at radius 3 is 2.93 bits per heavy atom. The summed E-state index contributed by atoms with van der Waals surface area (Å²) in [4.78, 5) is 15.4. The summed E-state index contributed by atoms with van der Waals surface area (Å²) >= 11 is 3.33. The Morgan fingerprint density at radius 1 is 1.60 bits per heavy atom. The van der Waals surface area contributed by atoms with Crippen LogP contribution in [0.3, 0.4) is 0 Å². The number of oxazole rings is 1. The fourth-order valence-corrected chi connectivity index (χ4v) is 1.86. The molecule has 1 aromatic carbocycles. The second-order valence-corrected chi connectivity index (χ2v) is 4.03. The van der Waals surface area contributed by atoms with Gasteiger partial charge in [0.1, 0.15) is 5.52 Å². The number of fused-ring (bicyclic) bond motifs is 1. The predicted octanol–water partition coefficient (Wildman–Crippen LogP) is 2.25. The molecule has 5 heteroatoms. The highest BCUT2D eigenvalue weighted by atomic mass is 79.9. The van der Waals surface area contributed by atoms with Crippen LogP contribution in [0.4, 0.5) is 0 Å². The summed E-state index contributed by atoms with van der Waals surface area (Å²) in [6.07, 6.45) is 0. The van der Waals surface area contributed by atoms with Gasteiger partial charge in [-0.05, 0) is 35.0 Å². The van der Waals surface area contributed by atoms with Crippen molar-refractivity contribution in [2.24, 2.45) is 5.73 Å². The van der Waals surface area contributed by atoms with Gasteiger partial charge in [0.15, 0.2) is 11.4 Å². The number of benzene rings is 1. The van der Waals surface area contributed by atoms with Crippen LogP contribution < -0.4 is 5.73 Å². The van der Waals surface area contributed by atoms with Crippen molar-refractivity contribution in [3.05, 3.63) is 28.1 Å². The van der Waals surface area contributed by atoms with Gasteiger partial charge in [0, 0.05) is 5.56 Å². The van der Waals surface area contributed by atoms with Gasteiger partial charge in [-0.3, -0.25) is 4.79 Å². The quantitative estimate of drug-likeness (QED) is 0.849. The van der Waals surface area contributed by atoms with Crippen molar-refractivity contribution in [1.29, 1.82) is 0 Å². The van der Waals surface area contributed by atoms with Crippen molar-refractivity contribution in [1.82, 2.24) is 4.98 Å². The first-order chi connectivity index (χ1) is 7.11. The third-order valence-corrected chi connectivity index (χ3v) is 2.66. The van der Waals surface area contributed by atoms with Crippen molar-refractivity contribution < 1.29 is 9.21 Å². The molecule has 0 aliphatic carbocycles. The van der Waals surface area contributed by atoms with E-state index in [1.54, 1.807) is 12.1 Å². The second-order valence-electron chi connectivity index (χ2n) is 3.17. The number of halogens is 1. The Morgan fingerprint density at radius 2 is 2.33 bits per heavy atom. The second kappa shape index (κ2) is 3.75. The number of nitrogens with two attached hydrogens (primary N) is 1. The monoisotopic (exact) mass is 268 g/mol. The van der Waals surface area contributed by atoms with Gasteiger partial charge in [-0.2, -0.15) is 0 Å². The van der Waals surface area contributed by atoms with Crippen molar-refractivity contribution in [2.75, 3.05) is 0 Å². The zero-order valence-electron chi connectivity index (χ0n) is 8.08. The van der Waals surface area contributed by atoms with E-state index >= 15 is 0 Å². The maximum Gasteiger partial charge on any atom is 0.209 e. The maximum atomic E-state index is 11.2. The van der Waals surface area contributed by atoms with Gasteiger partial charge in [0.05, 0.1) is 11.0 Å². The molecule has 0 spiro atoms. The van der Waals surface area contributed by atoms with Crippen LogP contribution in [0.25, 0.3) is 11.1 Å². The summed E-state index contributed by atoms with van der Waals surface area (Å²) in [6.45, 7) is 1.76. The lowest BCUT2D eigenvalue weighted by atomic mass is 10.1. The summed E-state index contributed by atoms with van der Waals surface area (Å²) in [5.41, 5.74) is 7.30. The van der Waals surface area contributed by atoms with Crippen molar-refractivity contribution >= 4 is 32.8 Å². The zero-order valence-corrected chi connectivity index (χ0v) is 9.67. The molecule has 0 atom stereocenters. The average molecular weight is 269 g/mol. The summed E-state index contributed by atoms with van der Waals surface area (Å²) in [6, 6.07) is 3.42. The van der Waals surface area contributed by atoms with E-state index in [2.05, 4.69) is 20.9 Å². The number of aromatic nitrogens is 1. The number of nitrogens with zero attached hydrogens (tertiary/aromatic N) is 1. The Balaban J connectivity index is 2.70. The Hall–Kier alpha value is -1.20. The van der Waals surface area contributed by atoms with Gasteiger partial charge in [-0.25, -0.2) is 4.98 Å². The smallest absolute Gasteiger partial charge is 0.209 e. The number of carbonyl (C=O) groups is 1. The maximum absolute atomic E-state index is 11.2. The molecule has 4 nitrogen and oxygen atoms in total. The molecule has 0 amide bonds. The molecule has 78 valence electrons. The summed E-state index contributed by atoms with van der Waals surface area (Å²) in [5, 5.41) is 0. The number of ketones is 1. The Labute approximate surface area is 94.6 Å². The summed E-state index contributed by atoms with van der Waals surface area (Å²) in [7, 11) is 0. The lowest BCUT2D eigenvalue weighted by molar-refractivity contribution is 0.101.